The number of ether oxygens (including phenoxy) is 1. The Hall–Kier alpha value is -2.18. The minimum atomic E-state index is -0.430. The molecule has 6 nitrogen and oxygen atoms in total. The van der Waals surface area contributed by atoms with Crippen LogP contribution < -0.4 is 0 Å². The minimum absolute atomic E-state index is 0.350. The zero-order valence-corrected chi connectivity index (χ0v) is 17.5. The van der Waals surface area contributed by atoms with Gasteiger partial charge in [-0.25, -0.2) is 9.67 Å². The first-order valence-electron chi connectivity index (χ1n) is 10.9. The molecule has 6 heteroatoms. The molecule has 3 heterocycles. The van der Waals surface area contributed by atoms with Crippen LogP contribution in [-0.4, -0.2) is 31.0 Å². The summed E-state index contributed by atoms with van der Waals surface area (Å²) in [4.78, 5) is 4.55. The average molecular weight is 397 g/mol. The molecule has 0 radical (unpaired) electrons. The highest BCUT2D eigenvalue weighted by Crippen LogP contribution is 2.34. The van der Waals surface area contributed by atoms with Crippen LogP contribution in [0.25, 0.3) is 16.7 Å². The molecular weight excluding hydrogens is 364 g/mol. The second-order valence-corrected chi connectivity index (χ2v) is 8.63. The lowest BCUT2D eigenvalue weighted by Crippen LogP contribution is -2.15. The SMILES string of the molecule is CC(C)CCOCn1ccc2c(-n3cc(C(O)C4CCCCC4)cn3)ccnc21. The van der Waals surface area contributed by atoms with Crippen molar-refractivity contribution in [3.05, 3.63) is 42.5 Å². The molecule has 29 heavy (non-hydrogen) atoms. The number of aliphatic hydroxyl groups excluding tert-OH is 1. The summed E-state index contributed by atoms with van der Waals surface area (Å²) < 4.78 is 9.70. The molecule has 0 amide bonds. The van der Waals surface area contributed by atoms with Crippen molar-refractivity contribution in [2.24, 2.45) is 11.8 Å². The van der Waals surface area contributed by atoms with Gasteiger partial charge in [0.25, 0.3) is 0 Å². The Morgan fingerprint density at radius 1 is 1.21 bits per heavy atom. The van der Waals surface area contributed by atoms with Crippen LogP contribution in [0.2, 0.25) is 0 Å². The molecule has 1 N–H and O–H groups in total. The number of nitrogens with zero attached hydrogens (tertiary/aromatic N) is 4. The zero-order valence-electron chi connectivity index (χ0n) is 17.5. The fourth-order valence-corrected chi connectivity index (χ4v) is 4.21. The van der Waals surface area contributed by atoms with Crippen molar-refractivity contribution < 1.29 is 9.84 Å². The maximum Gasteiger partial charge on any atom is 0.143 e. The zero-order chi connectivity index (χ0) is 20.2. The Balaban J connectivity index is 1.51. The van der Waals surface area contributed by atoms with Crippen LogP contribution in [0.3, 0.4) is 0 Å². The lowest BCUT2D eigenvalue weighted by molar-refractivity contribution is 0.0716. The van der Waals surface area contributed by atoms with E-state index >= 15 is 0 Å². The Bertz CT molecular complexity index is 924. The number of aromatic nitrogens is 4. The highest BCUT2D eigenvalue weighted by atomic mass is 16.5. The summed E-state index contributed by atoms with van der Waals surface area (Å²) in [6.07, 6.45) is 14.1. The molecule has 1 atom stereocenters. The normalized spacial score (nSPS) is 16.7. The summed E-state index contributed by atoms with van der Waals surface area (Å²) in [7, 11) is 0. The first-order chi connectivity index (χ1) is 14.1. The van der Waals surface area contributed by atoms with E-state index in [0.717, 1.165) is 48.2 Å². The van der Waals surface area contributed by atoms with Gasteiger partial charge in [0, 0.05) is 36.1 Å². The molecule has 0 bridgehead atoms. The van der Waals surface area contributed by atoms with Crippen LogP contribution in [0.4, 0.5) is 0 Å². The summed E-state index contributed by atoms with van der Waals surface area (Å²) in [6.45, 7) is 5.65. The predicted molar refractivity (Wildman–Crippen MR) is 114 cm³/mol. The van der Waals surface area contributed by atoms with Gasteiger partial charge in [-0.2, -0.15) is 5.10 Å². The monoisotopic (exact) mass is 396 g/mol. The quantitative estimate of drug-likeness (QED) is 0.553. The van der Waals surface area contributed by atoms with Crippen LogP contribution in [0, 0.1) is 11.8 Å². The summed E-state index contributed by atoms with van der Waals surface area (Å²) in [6, 6.07) is 4.03. The van der Waals surface area contributed by atoms with E-state index in [9.17, 15) is 5.11 Å². The fourth-order valence-electron chi connectivity index (χ4n) is 4.21. The first kappa shape index (κ1) is 20.1. The Kier molecular flexibility index (Phi) is 6.31. The molecule has 3 aromatic heterocycles. The lowest BCUT2D eigenvalue weighted by Gasteiger charge is -2.25. The van der Waals surface area contributed by atoms with E-state index in [-0.39, 0.29) is 0 Å². The fraction of sp³-hybridized carbons (Fsp3) is 0.565. The molecule has 1 aliphatic carbocycles. The van der Waals surface area contributed by atoms with Crippen LogP contribution in [0.5, 0.6) is 0 Å². The molecule has 1 fully saturated rings. The van der Waals surface area contributed by atoms with Crippen molar-refractivity contribution in [3.8, 4) is 5.69 Å². The molecule has 0 aliphatic heterocycles. The van der Waals surface area contributed by atoms with Gasteiger partial charge in [0.1, 0.15) is 12.4 Å². The topological polar surface area (TPSA) is 65.1 Å². The number of rotatable bonds is 8. The molecule has 156 valence electrons. The van der Waals surface area contributed by atoms with Crippen molar-refractivity contribution in [3.63, 3.8) is 0 Å². The van der Waals surface area contributed by atoms with Crippen molar-refractivity contribution in [2.75, 3.05) is 6.61 Å². The predicted octanol–water partition coefficient (Wildman–Crippen LogP) is 4.86. The number of hydrogen-bond donors (Lipinski definition) is 1. The number of fused-ring (bicyclic) bond motifs is 1. The molecular formula is C23H32N4O2. The molecule has 3 aromatic rings. The third kappa shape index (κ3) is 4.54. The highest BCUT2D eigenvalue weighted by Gasteiger charge is 2.24. The first-order valence-corrected chi connectivity index (χ1v) is 10.9. The Morgan fingerprint density at radius 2 is 2.03 bits per heavy atom. The molecule has 0 aromatic carbocycles. The molecule has 0 spiro atoms. The summed E-state index contributed by atoms with van der Waals surface area (Å²) >= 11 is 0. The van der Waals surface area contributed by atoms with Gasteiger partial charge < -0.3 is 14.4 Å². The third-order valence-corrected chi connectivity index (χ3v) is 6.00. The molecule has 1 saturated carbocycles. The molecule has 1 unspecified atom stereocenters. The van der Waals surface area contributed by atoms with E-state index in [1.54, 1.807) is 12.4 Å². The van der Waals surface area contributed by atoms with E-state index in [2.05, 4.69) is 30.0 Å². The van der Waals surface area contributed by atoms with Crippen LogP contribution in [-0.2, 0) is 11.5 Å². The van der Waals surface area contributed by atoms with Crippen molar-refractivity contribution in [1.82, 2.24) is 19.3 Å². The van der Waals surface area contributed by atoms with Crippen molar-refractivity contribution in [1.29, 1.82) is 0 Å². The summed E-state index contributed by atoms with van der Waals surface area (Å²) in [5.41, 5.74) is 2.76. The largest absolute Gasteiger partial charge is 0.388 e. The average Bonchev–Trinajstić information content (AvgIpc) is 3.38. The molecule has 0 saturated heterocycles. The van der Waals surface area contributed by atoms with Crippen LogP contribution >= 0.6 is 0 Å². The second kappa shape index (κ2) is 9.09. The number of hydrogen-bond acceptors (Lipinski definition) is 4. The van der Waals surface area contributed by atoms with Gasteiger partial charge in [-0.15, -0.1) is 0 Å². The smallest absolute Gasteiger partial charge is 0.143 e. The second-order valence-electron chi connectivity index (χ2n) is 8.63. The van der Waals surface area contributed by atoms with Crippen molar-refractivity contribution >= 4 is 11.0 Å². The van der Waals surface area contributed by atoms with Gasteiger partial charge in [-0.05, 0) is 43.2 Å². The van der Waals surface area contributed by atoms with Gasteiger partial charge >= 0.3 is 0 Å². The Labute approximate surface area is 172 Å². The summed E-state index contributed by atoms with van der Waals surface area (Å²) in [5, 5.41) is 16.4. The van der Waals surface area contributed by atoms with Crippen LogP contribution in [0.15, 0.2) is 36.9 Å². The number of pyridine rings is 1. The Morgan fingerprint density at radius 3 is 2.83 bits per heavy atom. The van der Waals surface area contributed by atoms with Gasteiger partial charge in [0.05, 0.1) is 18.0 Å². The standard InChI is InChI=1S/C23H32N4O2/c1-17(2)10-13-29-16-26-12-9-20-21(8-11-24-23(20)26)27-15-19(14-25-27)22(28)18-6-4-3-5-7-18/h8-9,11-12,14-15,17-18,22,28H,3-7,10,13,16H2,1-2H3. The van der Waals surface area contributed by atoms with Gasteiger partial charge in [-0.1, -0.05) is 33.1 Å². The number of aliphatic hydroxyl groups is 1. The maximum absolute atomic E-state index is 10.8. The lowest BCUT2D eigenvalue weighted by atomic mass is 9.83. The molecule has 4 rings (SSSR count). The maximum atomic E-state index is 10.8. The minimum Gasteiger partial charge on any atom is -0.388 e. The van der Waals surface area contributed by atoms with Gasteiger partial charge in [-0.3, -0.25) is 0 Å². The van der Waals surface area contributed by atoms with Crippen molar-refractivity contribution in [2.45, 2.75) is 65.2 Å². The van der Waals surface area contributed by atoms with E-state index in [1.807, 2.05) is 27.7 Å². The highest BCUT2D eigenvalue weighted by molar-refractivity contribution is 5.85. The van der Waals surface area contributed by atoms with Gasteiger partial charge in [0.2, 0.25) is 0 Å². The summed E-state index contributed by atoms with van der Waals surface area (Å²) in [5.74, 6) is 0.988. The van der Waals surface area contributed by atoms with E-state index in [1.165, 1.54) is 19.3 Å². The van der Waals surface area contributed by atoms with Crippen LogP contribution in [0.1, 0.15) is 64.0 Å². The van der Waals surface area contributed by atoms with E-state index in [0.29, 0.717) is 18.6 Å². The van der Waals surface area contributed by atoms with E-state index < -0.39 is 6.10 Å². The van der Waals surface area contributed by atoms with Gasteiger partial charge in [0.15, 0.2) is 0 Å². The third-order valence-electron chi connectivity index (χ3n) is 6.00. The van der Waals surface area contributed by atoms with E-state index in [4.69, 9.17) is 4.74 Å². The molecule has 1 aliphatic rings.